The summed E-state index contributed by atoms with van der Waals surface area (Å²) in [4.78, 5) is 15.7. The van der Waals surface area contributed by atoms with Crippen LogP contribution in [0.15, 0.2) is 23.6 Å². The number of hydrogen-bond acceptors (Lipinski definition) is 4. The van der Waals surface area contributed by atoms with Gasteiger partial charge in [-0.05, 0) is 30.7 Å². The van der Waals surface area contributed by atoms with E-state index < -0.39 is 5.97 Å². The number of halogens is 2. The molecule has 20 heavy (non-hydrogen) atoms. The minimum Gasteiger partial charge on any atom is -0.461 e. The summed E-state index contributed by atoms with van der Waals surface area (Å²) in [5, 5.41) is 3.53. The zero-order chi connectivity index (χ0) is 14.5. The molecule has 0 N–H and O–H groups in total. The van der Waals surface area contributed by atoms with Crippen LogP contribution in [0.25, 0.3) is 12.2 Å². The van der Waals surface area contributed by atoms with Gasteiger partial charge in [0.2, 0.25) is 0 Å². The van der Waals surface area contributed by atoms with Crippen LogP contribution in [0.2, 0.25) is 10.0 Å². The molecule has 0 aliphatic rings. The molecule has 1 heterocycles. The molecule has 0 aliphatic carbocycles. The predicted octanol–water partition coefficient (Wildman–Crippen LogP) is 4.80. The SMILES string of the molecule is CCOC(=O)c1csc(C=Cc2ccc(Cl)cc2Cl)n1. The van der Waals surface area contributed by atoms with E-state index >= 15 is 0 Å². The number of aromatic nitrogens is 1. The fraction of sp³-hybridized carbons (Fsp3) is 0.143. The molecule has 0 amide bonds. The normalized spacial score (nSPS) is 10.9. The molecule has 3 nitrogen and oxygen atoms in total. The van der Waals surface area contributed by atoms with Crippen molar-refractivity contribution in [3.63, 3.8) is 0 Å². The van der Waals surface area contributed by atoms with E-state index in [0.29, 0.717) is 27.4 Å². The second-order valence-electron chi connectivity index (χ2n) is 3.79. The van der Waals surface area contributed by atoms with Crippen LogP contribution in [-0.4, -0.2) is 17.6 Å². The Morgan fingerprint density at radius 3 is 2.90 bits per heavy atom. The maximum Gasteiger partial charge on any atom is 0.357 e. The predicted molar refractivity (Wildman–Crippen MR) is 83.5 cm³/mol. The molecule has 104 valence electrons. The Bertz CT molecular complexity index is 652. The highest BCUT2D eigenvalue weighted by Gasteiger charge is 2.10. The van der Waals surface area contributed by atoms with Gasteiger partial charge in [0.25, 0.3) is 0 Å². The number of rotatable bonds is 4. The lowest BCUT2D eigenvalue weighted by Gasteiger charge is -1.98. The van der Waals surface area contributed by atoms with Gasteiger partial charge >= 0.3 is 5.97 Å². The lowest BCUT2D eigenvalue weighted by atomic mass is 10.2. The van der Waals surface area contributed by atoms with Crippen LogP contribution in [0, 0.1) is 0 Å². The lowest BCUT2D eigenvalue weighted by Crippen LogP contribution is -2.04. The van der Waals surface area contributed by atoms with Crippen molar-refractivity contribution in [1.82, 2.24) is 4.98 Å². The summed E-state index contributed by atoms with van der Waals surface area (Å²) in [5.74, 6) is -0.409. The largest absolute Gasteiger partial charge is 0.461 e. The molecule has 0 unspecified atom stereocenters. The fourth-order valence-corrected chi connectivity index (χ4v) is 2.61. The third kappa shape index (κ3) is 3.82. The number of carbonyl (C=O) groups excluding carboxylic acids is 1. The summed E-state index contributed by atoms with van der Waals surface area (Å²) in [7, 11) is 0. The third-order valence-electron chi connectivity index (χ3n) is 2.37. The average molecular weight is 328 g/mol. The zero-order valence-corrected chi connectivity index (χ0v) is 12.9. The topological polar surface area (TPSA) is 39.2 Å². The van der Waals surface area contributed by atoms with Gasteiger partial charge in [0.15, 0.2) is 5.69 Å². The standard InChI is InChI=1S/C14H11Cl2NO2S/c1-2-19-14(18)12-8-20-13(17-12)6-4-9-3-5-10(15)7-11(9)16/h3-8H,2H2,1H3. The minimum atomic E-state index is -0.409. The van der Waals surface area contributed by atoms with Crippen molar-refractivity contribution in [3.8, 4) is 0 Å². The number of ether oxygens (including phenoxy) is 1. The van der Waals surface area contributed by atoms with Crippen LogP contribution in [0.4, 0.5) is 0 Å². The Morgan fingerprint density at radius 2 is 2.20 bits per heavy atom. The summed E-state index contributed by atoms with van der Waals surface area (Å²) < 4.78 is 4.88. The molecule has 0 aliphatic heterocycles. The van der Waals surface area contributed by atoms with Crippen LogP contribution in [0.1, 0.15) is 28.0 Å². The van der Waals surface area contributed by atoms with Gasteiger partial charge in [-0.15, -0.1) is 11.3 Å². The number of thiazole rings is 1. The zero-order valence-electron chi connectivity index (χ0n) is 10.6. The van der Waals surface area contributed by atoms with E-state index in [-0.39, 0.29) is 0 Å². The van der Waals surface area contributed by atoms with E-state index in [2.05, 4.69) is 4.98 Å². The fourth-order valence-electron chi connectivity index (χ4n) is 1.46. The Labute approximate surface area is 130 Å². The van der Waals surface area contributed by atoms with Gasteiger partial charge in [0.05, 0.1) is 6.61 Å². The number of carbonyl (C=O) groups is 1. The lowest BCUT2D eigenvalue weighted by molar-refractivity contribution is 0.0520. The Balaban J connectivity index is 2.13. The molecule has 6 heteroatoms. The van der Waals surface area contributed by atoms with Crippen LogP contribution in [0.5, 0.6) is 0 Å². The quantitative estimate of drug-likeness (QED) is 0.757. The van der Waals surface area contributed by atoms with Crippen molar-refractivity contribution in [1.29, 1.82) is 0 Å². The molecule has 2 rings (SSSR count). The van der Waals surface area contributed by atoms with Crippen molar-refractivity contribution >= 4 is 52.7 Å². The van der Waals surface area contributed by atoms with E-state index in [1.165, 1.54) is 11.3 Å². The maximum atomic E-state index is 11.5. The van der Waals surface area contributed by atoms with Crippen molar-refractivity contribution in [2.24, 2.45) is 0 Å². The van der Waals surface area contributed by atoms with Crippen LogP contribution in [-0.2, 0) is 4.74 Å². The first-order valence-corrected chi connectivity index (χ1v) is 7.49. The molecule has 0 atom stereocenters. The van der Waals surface area contributed by atoms with Gasteiger partial charge < -0.3 is 4.74 Å². The average Bonchev–Trinajstić information content (AvgIpc) is 2.87. The summed E-state index contributed by atoms with van der Waals surface area (Å²) in [6, 6.07) is 5.26. The number of hydrogen-bond donors (Lipinski definition) is 0. The summed E-state index contributed by atoms with van der Waals surface area (Å²) in [5.41, 5.74) is 1.16. The number of nitrogens with zero attached hydrogens (tertiary/aromatic N) is 1. The summed E-state index contributed by atoms with van der Waals surface area (Å²) in [6.07, 6.45) is 3.62. The molecule has 1 aromatic carbocycles. The first kappa shape index (κ1) is 15.0. The molecule has 0 bridgehead atoms. The van der Waals surface area contributed by atoms with Crippen LogP contribution in [0.3, 0.4) is 0 Å². The first-order chi connectivity index (χ1) is 9.60. The number of benzene rings is 1. The smallest absolute Gasteiger partial charge is 0.357 e. The van der Waals surface area contributed by atoms with E-state index in [9.17, 15) is 4.79 Å². The van der Waals surface area contributed by atoms with E-state index in [0.717, 1.165) is 5.56 Å². The van der Waals surface area contributed by atoms with Crippen molar-refractivity contribution in [2.75, 3.05) is 6.61 Å². The second kappa shape index (κ2) is 6.88. The van der Waals surface area contributed by atoms with Crippen LogP contribution >= 0.6 is 34.5 Å². The highest BCUT2D eigenvalue weighted by atomic mass is 35.5. The Hall–Kier alpha value is -1.36. The summed E-state index contributed by atoms with van der Waals surface area (Å²) >= 11 is 13.3. The van der Waals surface area contributed by atoms with Crippen molar-refractivity contribution in [2.45, 2.75) is 6.92 Å². The monoisotopic (exact) mass is 327 g/mol. The van der Waals surface area contributed by atoms with E-state index in [1.807, 2.05) is 12.1 Å². The Morgan fingerprint density at radius 1 is 1.40 bits per heavy atom. The van der Waals surface area contributed by atoms with Gasteiger partial charge in [-0.2, -0.15) is 0 Å². The molecule has 0 saturated carbocycles. The van der Waals surface area contributed by atoms with Crippen molar-refractivity contribution in [3.05, 3.63) is 49.9 Å². The summed E-state index contributed by atoms with van der Waals surface area (Å²) in [6.45, 7) is 2.09. The van der Waals surface area contributed by atoms with E-state index in [1.54, 1.807) is 30.5 Å². The second-order valence-corrected chi connectivity index (χ2v) is 5.52. The highest BCUT2D eigenvalue weighted by Crippen LogP contribution is 2.23. The van der Waals surface area contributed by atoms with Crippen LogP contribution < -0.4 is 0 Å². The third-order valence-corrected chi connectivity index (χ3v) is 3.75. The van der Waals surface area contributed by atoms with Gasteiger partial charge in [-0.1, -0.05) is 35.3 Å². The maximum absolute atomic E-state index is 11.5. The Kier molecular flexibility index (Phi) is 5.17. The van der Waals surface area contributed by atoms with Gasteiger partial charge in [-0.25, -0.2) is 9.78 Å². The molecular weight excluding hydrogens is 317 g/mol. The van der Waals surface area contributed by atoms with Gasteiger partial charge in [-0.3, -0.25) is 0 Å². The van der Waals surface area contributed by atoms with Crippen molar-refractivity contribution < 1.29 is 9.53 Å². The van der Waals surface area contributed by atoms with Gasteiger partial charge in [0.1, 0.15) is 5.01 Å². The van der Waals surface area contributed by atoms with Gasteiger partial charge in [0, 0.05) is 15.4 Å². The van der Waals surface area contributed by atoms with E-state index in [4.69, 9.17) is 27.9 Å². The molecule has 2 aromatic rings. The highest BCUT2D eigenvalue weighted by molar-refractivity contribution is 7.10. The minimum absolute atomic E-state index is 0.318. The number of esters is 1. The molecular formula is C14H11Cl2NO2S. The molecule has 0 radical (unpaired) electrons. The molecule has 0 fully saturated rings. The molecule has 1 aromatic heterocycles. The molecule has 0 saturated heterocycles. The first-order valence-electron chi connectivity index (χ1n) is 5.86. The molecule has 0 spiro atoms.